The van der Waals surface area contributed by atoms with Crippen LogP contribution in [0.3, 0.4) is 0 Å². The maximum atomic E-state index is 12.6. The van der Waals surface area contributed by atoms with Crippen molar-refractivity contribution in [1.82, 2.24) is 10.7 Å². The van der Waals surface area contributed by atoms with Crippen LogP contribution in [-0.2, 0) is 9.59 Å². The highest BCUT2D eigenvalue weighted by Crippen LogP contribution is 2.31. The third-order valence-corrected chi connectivity index (χ3v) is 3.00. The number of halogens is 2. The van der Waals surface area contributed by atoms with Gasteiger partial charge in [-0.05, 0) is 31.9 Å². The number of carbonyl (C=O) groups excluding carboxylic acids is 2. The molecule has 0 heterocycles. The second-order valence-corrected chi connectivity index (χ2v) is 4.93. The molecule has 0 aromatic heterocycles. The molecule has 0 saturated heterocycles. The predicted molar refractivity (Wildman–Crippen MR) is 81.1 cm³/mol. The van der Waals surface area contributed by atoms with Gasteiger partial charge in [0.2, 0.25) is 0 Å². The van der Waals surface area contributed by atoms with Gasteiger partial charge in [0.05, 0.1) is 12.8 Å². The van der Waals surface area contributed by atoms with Crippen molar-refractivity contribution < 1.29 is 27.8 Å². The van der Waals surface area contributed by atoms with Crippen LogP contribution in [0.2, 0.25) is 0 Å². The molecular weight excluding hydrogens is 324 g/mol. The summed E-state index contributed by atoms with van der Waals surface area (Å²) in [5.74, 6) is -1.80. The minimum atomic E-state index is -3.04. The molecule has 1 aliphatic carbocycles. The first-order valence-corrected chi connectivity index (χ1v) is 7.35. The smallest absolute Gasteiger partial charge is 0.387 e. The van der Waals surface area contributed by atoms with E-state index in [1.165, 1.54) is 12.1 Å². The van der Waals surface area contributed by atoms with E-state index in [1.807, 2.05) is 5.43 Å². The van der Waals surface area contributed by atoms with Crippen molar-refractivity contribution in [3.05, 3.63) is 23.8 Å². The van der Waals surface area contributed by atoms with Gasteiger partial charge < -0.3 is 14.8 Å². The lowest BCUT2D eigenvalue weighted by molar-refractivity contribution is -0.139. The monoisotopic (exact) mass is 341 g/mol. The average molecular weight is 341 g/mol. The Morgan fingerprint density at radius 2 is 2.12 bits per heavy atom. The first kappa shape index (κ1) is 17.6. The predicted octanol–water partition coefficient (Wildman–Crippen LogP) is 1.42. The van der Waals surface area contributed by atoms with Gasteiger partial charge in [-0.2, -0.15) is 13.9 Å². The molecular formula is C15H17F2N3O4. The van der Waals surface area contributed by atoms with Crippen LogP contribution in [0.5, 0.6) is 11.5 Å². The Hall–Kier alpha value is -2.71. The Bertz CT molecular complexity index is 633. The van der Waals surface area contributed by atoms with E-state index in [0.717, 1.165) is 19.1 Å². The van der Waals surface area contributed by atoms with Gasteiger partial charge in [0.1, 0.15) is 0 Å². The maximum Gasteiger partial charge on any atom is 0.387 e. The van der Waals surface area contributed by atoms with Crippen LogP contribution in [0.15, 0.2) is 23.3 Å². The van der Waals surface area contributed by atoms with Gasteiger partial charge in [-0.1, -0.05) is 6.07 Å². The SMILES string of the molecule is CCOc1cccc(/C=N\NC(=O)C(=O)NC2CC2)c1OC(F)F. The normalized spacial score (nSPS) is 13.8. The van der Waals surface area contributed by atoms with E-state index in [-0.39, 0.29) is 29.7 Å². The number of hydrogen-bond donors (Lipinski definition) is 2. The first-order chi connectivity index (χ1) is 11.5. The van der Waals surface area contributed by atoms with Gasteiger partial charge in [-0.15, -0.1) is 0 Å². The molecule has 2 N–H and O–H groups in total. The zero-order chi connectivity index (χ0) is 17.5. The number of hydrogen-bond acceptors (Lipinski definition) is 5. The minimum Gasteiger partial charge on any atom is -0.490 e. The number of benzene rings is 1. The fourth-order valence-electron chi connectivity index (χ4n) is 1.81. The lowest BCUT2D eigenvalue weighted by Gasteiger charge is -2.13. The second kappa shape index (κ2) is 8.23. The van der Waals surface area contributed by atoms with E-state index in [4.69, 9.17) is 4.74 Å². The number of hydrazone groups is 1. The van der Waals surface area contributed by atoms with Crippen LogP contribution in [0.4, 0.5) is 8.78 Å². The molecule has 1 aromatic carbocycles. The van der Waals surface area contributed by atoms with Crippen molar-refractivity contribution in [1.29, 1.82) is 0 Å². The van der Waals surface area contributed by atoms with Gasteiger partial charge in [0, 0.05) is 11.6 Å². The van der Waals surface area contributed by atoms with Crippen molar-refractivity contribution >= 4 is 18.0 Å². The van der Waals surface area contributed by atoms with Gasteiger partial charge >= 0.3 is 18.4 Å². The minimum absolute atomic E-state index is 0.0427. The van der Waals surface area contributed by atoms with E-state index >= 15 is 0 Å². The second-order valence-electron chi connectivity index (χ2n) is 4.93. The van der Waals surface area contributed by atoms with Crippen molar-refractivity contribution in [2.75, 3.05) is 6.61 Å². The van der Waals surface area contributed by atoms with Gasteiger partial charge in [-0.3, -0.25) is 9.59 Å². The largest absolute Gasteiger partial charge is 0.490 e. The molecule has 2 amide bonds. The van der Waals surface area contributed by atoms with E-state index < -0.39 is 18.4 Å². The lowest BCUT2D eigenvalue weighted by Crippen LogP contribution is -2.38. The molecule has 2 rings (SSSR count). The van der Waals surface area contributed by atoms with Crippen molar-refractivity contribution in [2.24, 2.45) is 5.10 Å². The topological polar surface area (TPSA) is 89.0 Å². The number of alkyl halides is 2. The number of nitrogens with one attached hydrogen (secondary N) is 2. The number of carbonyl (C=O) groups is 2. The van der Waals surface area contributed by atoms with Crippen molar-refractivity contribution in [3.63, 3.8) is 0 Å². The summed E-state index contributed by atoms with van der Waals surface area (Å²) in [5.41, 5.74) is 2.20. The highest BCUT2D eigenvalue weighted by atomic mass is 19.3. The van der Waals surface area contributed by atoms with E-state index in [1.54, 1.807) is 13.0 Å². The molecule has 1 fully saturated rings. The average Bonchev–Trinajstić information content (AvgIpc) is 3.33. The molecule has 7 nitrogen and oxygen atoms in total. The number of ether oxygens (including phenoxy) is 2. The Morgan fingerprint density at radius 1 is 1.38 bits per heavy atom. The molecule has 24 heavy (non-hydrogen) atoms. The Kier molecular flexibility index (Phi) is 6.05. The summed E-state index contributed by atoms with van der Waals surface area (Å²) < 4.78 is 34.8. The molecule has 0 radical (unpaired) electrons. The number of para-hydroxylation sites is 1. The van der Waals surface area contributed by atoms with Crippen LogP contribution < -0.4 is 20.2 Å². The fourth-order valence-corrected chi connectivity index (χ4v) is 1.81. The van der Waals surface area contributed by atoms with Crippen molar-refractivity contribution in [3.8, 4) is 11.5 Å². The molecule has 0 aliphatic heterocycles. The molecule has 0 bridgehead atoms. The fraction of sp³-hybridized carbons (Fsp3) is 0.400. The van der Waals surface area contributed by atoms with Crippen LogP contribution >= 0.6 is 0 Å². The maximum absolute atomic E-state index is 12.6. The van der Waals surface area contributed by atoms with Crippen LogP contribution in [0.1, 0.15) is 25.3 Å². The molecule has 0 unspecified atom stereocenters. The van der Waals surface area contributed by atoms with Gasteiger partial charge in [0.15, 0.2) is 11.5 Å². The standard InChI is InChI=1S/C15H17F2N3O4/c1-2-23-11-5-3-4-9(12(11)24-15(16)17)8-18-20-14(22)13(21)19-10-6-7-10/h3-5,8,10,15H,2,6-7H2,1H3,(H,19,21)(H,20,22)/b18-8-. The summed E-state index contributed by atoms with van der Waals surface area (Å²) in [4.78, 5) is 23.0. The Balaban J connectivity index is 2.05. The van der Waals surface area contributed by atoms with Crippen LogP contribution in [0, 0.1) is 0 Å². The number of rotatable bonds is 7. The Morgan fingerprint density at radius 3 is 2.75 bits per heavy atom. The Labute approximate surface area is 137 Å². The molecule has 0 spiro atoms. The van der Waals surface area contributed by atoms with E-state index in [2.05, 4.69) is 15.2 Å². The lowest BCUT2D eigenvalue weighted by atomic mass is 10.2. The first-order valence-electron chi connectivity index (χ1n) is 7.35. The molecule has 0 atom stereocenters. The summed E-state index contributed by atoms with van der Waals surface area (Å²) in [6, 6.07) is 4.54. The third kappa shape index (κ3) is 5.18. The summed E-state index contributed by atoms with van der Waals surface area (Å²) in [6.07, 6.45) is 2.80. The number of amides is 2. The van der Waals surface area contributed by atoms with E-state index in [0.29, 0.717) is 0 Å². The van der Waals surface area contributed by atoms with Gasteiger partial charge in [-0.25, -0.2) is 5.43 Å². The number of nitrogens with zero attached hydrogens (tertiary/aromatic N) is 1. The quantitative estimate of drug-likeness (QED) is 0.446. The third-order valence-electron chi connectivity index (χ3n) is 3.00. The zero-order valence-electron chi connectivity index (χ0n) is 12.9. The van der Waals surface area contributed by atoms with Crippen molar-refractivity contribution in [2.45, 2.75) is 32.4 Å². The van der Waals surface area contributed by atoms with Gasteiger partial charge in [0.25, 0.3) is 0 Å². The molecule has 1 aliphatic rings. The zero-order valence-corrected chi connectivity index (χ0v) is 12.9. The molecule has 1 aromatic rings. The summed E-state index contributed by atoms with van der Waals surface area (Å²) >= 11 is 0. The summed E-state index contributed by atoms with van der Waals surface area (Å²) in [5, 5.41) is 6.09. The summed E-state index contributed by atoms with van der Waals surface area (Å²) in [6.45, 7) is -1.08. The molecule has 1 saturated carbocycles. The molecule has 9 heteroatoms. The highest BCUT2D eigenvalue weighted by Gasteiger charge is 2.26. The highest BCUT2D eigenvalue weighted by molar-refractivity contribution is 6.35. The van der Waals surface area contributed by atoms with Crippen LogP contribution in [0.25, 0.3) is 0 Å². The van der Waals surface area contributed by atoms with E-state index in [9.17, 15) is 18.4 Å². The molecule has 130 valence electrons. The summed E-state index contributed by atoms with van der Waals surface area (Å²) in [7, 11) is 0. The van der Waals surface area contributed by atoms with Crippen LogP contribution in [-0.4, -0.2) is 37.3 Å².